The standard InChI is InChI=1S/C39H65N5O10S/c1-14-25(6)34(43(10)38(48)32(23(2)3)40-37(47)33(24(4)5)42(8)9)30(52-11)22-31(45)44-21-15-16-29(44)35(53-12)26(7)36(46)41-55(50,51)28-19-17-27(18-20-28)39(49)54-13/h17-20,23-26,29-30,32-35H,14-16,21-22H2,1-13H3,(H,40,47)(H,41,46)/t25?,26?,29-,30?,32?,33?,34?,35?/m0/s1. The quantitative estimate of drug-likeness (QED) is 0.185. The molecule has 2 N–H and O–H groups in total. The third kappa shape index (κ3) is 11.9. The molecule has 1 saturated heterocycles. The minimum Gasteiger partial charge on any atom is -0.465 e. The van der Waals surface area contributed by atoms with Gasteiger partial charge < -0.3 is 29.3 Å². The summed E-state index contributed by atoms with van der Waals surface area (Å²) < 4.78 is 44.7. The molecule has 7 unspecified atom stereocenters. The van der Waals surface area contributed by atoms with Gasteiger partial charge in [0.15, 0.2) is 0 Å². The van der Waals surface area contributed by atoms with Crippen molar-refractivity contribution in [3.05, 3.63) is 29.8 Å². The number of hydrogen-bond acceptors (Lipinski definition) is 11. The van der Waals surface area contributed by atoms with E-state index in [4.69, 9.17) is 9.47 Å². The van der Waals surface area contributed by atoms with E-state index in [9.17, 15) is 32.4 Å². The Labute approximate surface area is 328 Å². The van der Waals surface area contributed by atoms with Crippen molar-refractivity contribution in [3.8, 4) is 0 Å². The molecule has 1 aliphatic heterocycles. The summed E-state index contributed by atoms with van der Waals surface area (Å²) in [7, 11) is 5.19. The number of methoxy groups -OCH3 is 3. The summed E-state index contributed by atoms with van der Waals surface area (Å²) in [5.74, 6) is -3.47. The molecule has 8 atom stereocenters. The summed E-state index contributed by atoms with van der Waals surface area (Å²) in [6.07, 6.45) is 0.236. The van der Waals surface area contributed by atoms with E-state index in [2.05, 4.69) is 14.8 Å². The van der Waals surface area contributed by atoms with Crippen molar-refractivity contribution < 1.29 is 46.6 Å². The first kappa shape index (κ1) is 47.6. The van der Waals surface area contributed by atoms with Gasteiger partial charge in [0.2, 0.25) is 23.6 Å². The van der Waals surface area contributed by atoms with Crippen LogP contribution in [0.2, 0.25) is 0 Å². The Morgan fingerprint density at radius 2 is 1.49 bits per heavy atom. The van der Waals surface area contributed by atoms with Crippen LogP contribution >= 0.6 is 0 Å². The van der Waals surface area contributed by atoms with Crippen LogP contribution in [-0.4, -0.2) is 138 Å². The summed E-state index contributed by atoms with van der Waals surface area (Å²) in [6, 6.07) is 2.69. The Morgan fingerprint density at radius 1 is 0.891 bits per heavy atom. The second-order valence-electron chi connectivity index (χ2n) is 15.5. The molecule has 0 bridgehead atoms. The van der Waals surface area contributed by atoms with Crippen LogP contribution in [0.1, 0.15) is 84.5 Å². The molecule has 0 saturated carbocycles. The number of rotatable bonds is 20. The lowest BCUT2D eigenvalue weighted by Crippen LogP contribution is -2.59. The molecule has 0 radical (unpaired) electrons. The zero-order valence-corrected chi connectivity index (χ0v) is 35.8. The first-order valence-electron chi connectivity index (χ1n) is 19.0. The molecule has 16 heteroatoms. The number of amides is 4. The molecule has 2 rings (SSSR count). The van der Waals surface area contributed by atoms with Gasteiger partial charge in [-0.05, 0) is 69.0 Å². The van der Waals surface area contributed by atoms with Crippen molar-refractivity contribution in [1.29, 1.82) is 0 Å². The van der Waals surface area contributed by atoms with E-state index in [1.165, 1.54) is 45.6 Å². The van der Waals surface area contributed by atoms with Crippen molar-refractivity contribution in [2.24, 2.45) is 23.7 Å². The molecule has 0 aromatic heterocycles. The lowest BCUT2D eigenvalue weighted by Gasteiger charge is -2.41. The van der Waals surface area contributed by atoms with Crippen molar-refractivity contribution >= 4 is 39.6 Å². The molecule has 1 aliphatic rings. The summed E-state index contributed by atoms with van der Waals surface area (Å²) in [5.41, 5.74) is 0.152. The second-order valence-corrected chi connectivity index (χ2v) is 17.1. The van der Waals surface area contributed by atoms with Gasteiger partial charge in [-0.2, -0.15) is 0 Å². The minimum absolute atomic E-state index is 0.0171. The van der Waals surface area contributed by atoms with Gasteiger partial charge in [-0.1, -0.05) is 54.9 Å². The first-order chi connectivity index (χ1) is 25.7. The number of benzene rings is 1. The SMILES string of the molecule is CCC(C)C(C(CC(=O)N1CCC[C@H]1C(OC)C(C)C(=O)NS(=O)(=O)c1ccc(C(=O)OC)cc1)OC)N(C)C(=O)C(NC(=O)C(C(C)C)N(C)C)C(C)C. The van der Waals surface area contributed by atoms with E-state index < -0.39 is 64.2 Å². The summed E-state index contributed by atoms with van der Waals surface area (Å²) >= 11 is 0. The predicted octanol–water partition coefficient (Wildman–Crippen LogP) is 2.93. The maximum absolute atomic E-state index is 14.2. The van der Waals surface area contributed by atoms with Gasteiger partial charge in [0.05, 0.1) is 60.2 Å². The molecular weight excluding hydrogens is 731 g/mol. The molecule has 1 aromatic carbocycles. The van der Waals surface area contributed by atoms with Crippen LogP contribution in [0.25, 0.3) is 0 Å². The topological polar surface area (TPSA) is 181 Å². The van der Waals surface area contributed by atoms with Gasteiger partial charge in [-0.25, -0.2) is 17.9 Å². The fourth-order valence-electron chi connectivity index (χ4n) is 7.58. The Kier molecular flexibility index (Phi) is 18.2. The van der Waals surface area contributed by atoms with E-state index in [0.717, 1.165) is 0 Å². The summed E-state index contributed by atoms with van der Waals surface area (Å²) in [6.45, 7) is 13.6. The van der Waals surface area contributed by atoms with E-state index >= 15 is 0 Å². The Morgan fingerprint density at radius 3 is 1.96 bits per heavy atom. The number of hydrogen-bond donors (Lipinski definition) is 2. The van der Waals surface area contributed by atoms with Crippen LogP contribution in [0.3, 0.4) is 0 Å². The Hall–Kier alpha value is -3.60. The van der Waals surface area contributed by atoms with Gasteiger partial charge in [0, 0.05) is 27.8 Å². The zero-order valence-electron chi connectivity index (χ0n) is 35.0. The van der Waals surface area contributed by atoms with E-state index in [1.807, 2.05) is 60.5 Å². The Balaban J connectivity index is 2.29. The van der Waals surface area contributed by atoms with Crippen molar-refractivity contribution in [3.63, 3.8) is 0 Å². The highest BCUT2D eigenvalue weighted by Crippen LogP contribution is 2.30. The number of nitrogens with one attached hydrogen (secondary N) is 2. The molecule has 1 aromatic rings. The number of sulfonamides is 1. The molecule has 0 aliphatic carbocycles. The zero-order chi connectivity index (χ0) is 41.9. The largest absolute Gasteiger partial charge is 0.465 e. The minimum atomic E-state index is -4.30. The molecule has 4 amide bonds. The molecule has 312 valence electrons. The molecule has 1 heterocycles. The summed E-state index contributed by atoms with van der Waals surface area (Å²) in [4.78, 5) is 71.8. The lowest BCUT2D eigenvalue weighted by molar-refractivity contribution is -0.148. The highest BCUT2D eigenvalue weighted by Gasteiger charge is 2.43. The van der Waals surface area contributed by atoms with Crippen molar-refractivity contribution in [2.45, 2.75) is 115 Å². The molecule has 1 fully saturated rings. The summed E-state index contributed by atoms with van der Waals surface area (Å²) in [5, 5.41) is 3.00. The highest BCUT2D eigenvalue weighted by molar-refractivity contribution is 7.90. The second kappa shape index (κ2) is 21.1. The molecule has 0 spiro atoms. The van der Waals surface area contributed by atoms with Gasteiger partial charge in [0.1, 0.15) is 6.04 Å². The maximum Gasteiger partial charge on any atom is 0.337 e. The molecular formula is C39H65N5O10S. The van der Waals surface area contributed by atoms with Gasteiger partial charge >= 0.3 is 5.97 Å². The average Bonchev–Trinajstić information content (AvgIpc) is 3.62. The lowest BCUT2D eigenvalue weighted by atomic mass is 9.89. The van der Waals surface area contributed by atoms with Gasteiger partial charge in [-0.3, -0.25) is 24.1 Å². The van der Waals surface area contributed by atoms with Crippen LogP contribution < -0.4 is 10.0 Å². The van der Waals surface area contributed by atoms with E-state index in [0.29, 0.717) is 25.8 Å². The van der Waals surface area contributed by atoms with Crippen LogP contribution in [0.4, 0.5) is 0 Å². The highest BCUT2D eigenvalue weighted by atomic mass is 32.2. The average molecular weight is 796 g/mol. The molecule has 15 nitrogen and oxygen atoms in total. The maximum atomic E-state index is 14.2. The number of likely N-dealkylation sites (tertiary alicyclic amines) is 1. The monoisotopic (exact) mass is 795 g/mol. The van der Waals surface area contributed by atoms with E-state index in [1.54, 1.807) is 23.8 Å². The normalized spacial score (nSPS) is 18.6. The Bertz CT molecular complexity index is 1560. The fourth-order valence-corrected chi connectivity index (χ4v) is 8.65. The first-order valence-corrected chi connectivity index (χ1v) is 20.5. The smallest absolute Gasteiger partial charge is 0.337 e. The van der Waals surface area contributed by atoms with Gasteiger partial charge in [-0.15, -0.1) is 0 Å². The third-order valence-electron chi connectivity index (χ3n) is 10.8. The number of esters is 1. The fraction of sp³-hybridized carbons (Fsp3) is 0.718. The number of ether oxygens (including phenoxy) is 3. The molecule has 55 heavy (non-hydrogen) atoms. The van der Waals surface area contributed by atoms with Crippen LogP contribution in [0, 0.1) is 23.7 Å². The third-order valence-corrected chi connectivity index (χ3v) is 12.1. The number of likely N-dealkylation sites (N-methyl/N-ethyl adjacent to an activating group) is 2. The van der Waals surface area contributed by atoms with Crippen molar-refractivity contribution in [1.82, 2.24) is 24.7 Å². The van der Waals surface area contributed by atoms with Gasteiger partial charge in [0.25, 0.3) is 10.0 Å². The van der Waals surface area contributed by atoms with Crippen molar-refractivity contribution in [2.75, 3.05) is 49.0 Å². The number of carbonyl (C=O) groups is 5. The predicted molar refractivity (Wildman–Crippen MR) is 208 cm³/mol. The van der Waals surface area contributed by atoms with Crippen LogP contribution in [0.5, 0.6) is 0 Å². The number of carbonyl (C=O) groups excluding carboxylic acids is 5. The number of nitrogens with zero attached hydrogens (tertiary/aromatic N) is 3. The van der Waals surface area contributed by atoms with Crippen LogP contribution in [-0.2, 0) is 43.4 Å². The van der Waals surface area contributed by atoms with Crippen LogP contribution in [0.15, 0.2) is 29.2 Å². The van der Waals surface area contributed by atoms with E-state index in [-0.39, 0.29) is 52.4 Å².